The monoisotopic (exact) mass is 835 g/mol. The summed E-state index contributed by atoms with van der Waals surface area (Å²) in [5, 5.41) is 13.1. The number of rotatable bonds is 8. The molecule has 9 rings (SSSR count). The number of carbonyl (C=O) groups excluding carboxylic acids is 5. The Hall–Kier alpha value is -6.33. The second kappa shape index (κ2) is 14.2. The molecule has 6 atom stereocenters. The van der Waals surface area contributed by atoms with Gasteiger partial charge in [-0.3, -0.25) is 34.3 Å². The molecule has 4 aliphatic rings. The van der Waals surface area contributed by atoms with Gasteiger partial charge in [0.1, 0.15) is 0 Å². The number of aryl methyl sites for hydroxylation is 1. The lowest BCUT2D eigenvalue weighted by atomic mass is 9.49. The Kier molecular flexibility index (Phi) is 9.15. The summed E-state index contributed by atoms with van der Waals surface area (Å²) in [6.45, 7) is 1.94. The standard InChI is InChI=1S/C47H38BrN3O7/c1-26-13-17-31(18-14-26)49-51-44(55)37-25-35-33(40(36-23-30(48)24-38(58-2)42(36)53)47(37,46(51)57)29-11-7-4-8-12-29)21-22-34-39(35)45(56)50(43(34)54)32-19-15-28(16-20-32)41(52)27-9-5-3-6-10-27/h3-21,23-24,34-35,37,39-40,49,53H,22,25H2,1-2H3/t34-,35+,37-,39-,40+,47+/m0/s1. The van der Waals surface area contributed by atoms with E-state index in [1.54, 1.807) is 72.8 Å². The van der Waals surface area contributed by atoms with Crippen LogP contribution in [0.5, 0.6) is 11.5 Å². The van der Waals surface area contributed by atoms with Gasteiger partial charge in [0, 0.05) is 27.1 Å². The first-order valence-corrected chi connectivity index (χ1v) is 19.9. The number of hydrogen-bond acceptors (Lipinski definition) is 8. The number of phenols is 1. The molecule has 0 bridgehead atoms. The van der Waals surface area contributed by atoms with Crippen molar-refractivity contribution in [2.24, 2.45) is 23.7 Å². The Morgan fingerprint density at radius 3 is 2.14 bits per heavy atom. The molecule has 11 heteroatoms. The molecule has 5 aromatic carbocycles. The number of allylic oxidation sites excluding steroid dienone is 2. The van der Waals surface area contributed by atoms with Crippen molar-refractivity contribution >= 4 is 56.7 Å². The SMILES string of the molecule is COc1cc(Br)cc([C@H]2C3=CC[C@@H]4C(=O)N(c5ccc(C(=O)c6ccccc6)cc5)C(=O)[C@@H]4[C@@H]3C[C@H]3C(=O)N(Nc4ccc(C)cc4)C(=O)[C@@]23c2ccccc2)c1O. The Balaban J connectivity index is 1.17. The summed E-state index contributed by atoms with van der Waals surface area (Å²) in [5.74, 6) is -6.15. The van der Waals surface area contributed by atoms with Crippen LogP contribution >= 0.6 is 15.9 Å². The van der Waals surface area contributed by atoms with Crippen molar-refractivity contribution in [1.82, 2.24) is 5.01 Å². The number of phenolic OH excluding ortho intramolecular Hbond substituents is 1. The second-order valence-electron chi connectivity index (χ2n) is 15.4. The Morgan fingerprint density at radius 1 is 0.810 bits per heavy atom. The third-order valence-corrected chi connectivity index (χ3v) is 12.9. The molecular weight excluding hydrogens is 798 g/mol. The van der Waals surface area contributed by atoms with E-state index in [9.17, 15) is 24.3 Å². The molecule has 0 unspecified atom stereocenters. The molecule has 2 aliphatic heterocycles. The zero-order valence-electron chi connectivity index (χ0n) is 31.6. The Morgan fingerprint density at radius 2 is 1.47 bits per heavy atom. The molecule has 4 amide bonds. The quantitative estimate of drug-likeness (QED) is 0.0917. The summed E-state index contributed by atoms with van der Waals surface area (Å²) < 4.78 is 6.19. The summed E-state index contributed by atoms with van der Waals surface area (Å²) >= 11 is 3.59. The van der Waals surface area contributed by atoms with E-state index in [1.165, 1.54) is 12.0 Å². The lowest BCUT2D eigenvalue weighted by Crippen LogP contribution is -2.53. The predicted octanol–water partition coefficient (Wildman–Crippen LogP) is 7.89. The summed E-state index contributed by atoms with van der Waals surface area (Å²) in [4.78, 5) is 73.9. The highest BCUT2D eigenvalue weighted by atomic mass is 79.9. The summed E-state index contributed by atoms with van der Waals surface area (Å²) in [5.41, 5.74) is 5.98. The third kappa shape index (κ3) is 5.62. The number of ether oxygens (including phenoxy) is 1. The van der Waals surface area contributed by atoms with Crippen molar-refractivity contribution in [3.05, 3.63) is 165 Å². The van der Waals surface area contributed by atoms with Gasteiger partial charge in [-0.2, -0.15) is 5.01 Å². The molecule has 2 heterocycles. The third-order valence-electron chi connectivity index (χ3n) is 12.4. The largest absolute Gasteiger partial charge is 0.504 e. The number of aromatic hydroxyl groups is 1. The van der Waals surface area contributed by atoms with Crippen LogP contribution in [-0.4, -0.2) is 46.6 Å². The van der Waals surface area contributed by atoms with Gasteiger partial charge in [-0.05, 0) is 79.8 Å². The van der Waals surface area contributed by atoms with Gasteiger partial charge in [0.25, 0.3) is 11.8 Å². The van der Waals surface area contributed by atoms with Gasteiger partial charge < -0.3 is 9.84 Å². The number of hydrogen-bond donors (Lipinski definition) is 2. The van der Waals surface area contributed by atoms with Crippen LogP contribution in [0.1, 0.15) is 51.4 Å². The first kappa shape index (κ1) is 37.3. The predicted molar refractivity (Wildman–Crippen MR) is 220 cm³/mol. The van der Waals surface area contributed by atoms with E-state index >= 15 is 4.79 Å². The number of anilines is 2. The maximum atomic E-state index is 15.4. The lowest BCUT2D eigenvalue weighted by molar-refractivity contribution is -0.138. The minimum Gasteiger partial charge on any atom is -0.504 e. The van der Waals surface area contributed by atoms with E-state index in [0.717, 1.165) is 10.6 Å². The molecule has 2 N–H and O–H groups in total. The number of nitrogens with zero attached hydrogens (tertiary/aromatic N) is 2. The first-order valence-electron chi connectivity index (χ1n) is 19.2. The maximum absolute atomic E-state index is 15.4. The molecule has 1 saturated carbocycles. The van der Waals surface area contributed by atoms with Crippen molar-refractivity contribution < 1.29 is 33.8 Å². The zero-order valence-corrected chi connectivity index (χ0v) is 33.2. The number of ketones is 1. The second-order valence-corrected chi connectivity index (χ2v) is 16.3. The average molecular weight is 837 g/mol. The zero-order chi connectivity index (χ0) is 40.5. The van der Waals surface area contributed by atoms with Crippen molar-refractivity contribution in [2.45, 2.75) is 31.1 Å². The molecule has 5 aromatic rings. The molecule has 0 spiro atoms. The number of carbonyl (C=O) groups is 5. The van der Waals surface area contributed by atoms with Gasteiger partial charge in [0.05, 0.1) is 41.7 Å². The molecule has 290 valence electrons. The van der Waals surface area contributed by atoms with Crippen LogP contribution in [0.15, 0.2) is 137 Å². The highest BCUT2D eigenvalue weighted by Gasteiger charge is 2.70. The van der Waals surface area contributed by atoms with Crippen molar-refractivity contribution in [2.75, 3.05) is 17.4 Å². The minimum absolute atomic E-state index is 0.0956. The Bertz CT molecular complexity index is 2540. The fraction of sp³-hybridized carbons (Fsp3) is 0.213. The van der Waals surface area contributed by atoms with Gasteiger partial charge in [0.15, 0.2) is 17.3 Å². The van der Waals surface area contributed by atoms with Crippen LogP contribution in [0.4, 0.5) is 11.4 Å². The minimum atomic E-state index is -1.57. The van der Waals surface area contributed by atoms with E-state index in [4.69, 9.17) is 4.74 Å². The topological polar surface area (TPSA) is 133 Å². The maximum Gasteiger partial charge on any atom is 0.260 e. The first-order chi connectivity index (χ1) is 28.0. The number of amides is 4. The summed E-state index contributed by atoms with van der Waals surface area (Å²) in [6.07, 6.45) is 2.24. The number of halogens is 1. The summed E-state index contributed by atoms with van der Waals surface area (Å²) in [6, 6.07) is 35.2. The van der Waals surface area contributed by atoms with Crippen molar-refractivity contribution in [3.8, 4) is 11.5 Å². The molecule has 58 heavy (non-hydrogen) atoms. The van der Waals surface area contributed by atoms with Crippen LogP contribution in [-0.2, 0) is 24.6 Å². The molecular formula is C47H38BrN3O7. The Labute approximate surface area is 343 Å². The molecule has 2 aliphatic carbocycles. The van der Waals surface area contributed by atoms with E-state index in [1.807, 2.05) is 61.5 Å². The number of fused-ring (bicyclic) bond motifs is 4. The van der Waals surface area contributed by atoms with Gasteiger partial charge in [0.2, 0.25) is 11.8 Å². The number of benzene rings is 5. The van der Waals surface area contributed by atoms with Gasteiger partial charge in [-0.15, -0.1) is 0 Å². The molecule has 0 aromatic heterocycles. The van der Waals surface area contributed by atoms with E-state index in [0.29, 0.717) is 43.7 Å². The molecule has 10 nitrogen and oxygen atoms in total. The van der Waals surface area contributed by atoms with Crippen molar-refractivity contribution in [1.29, 1.82) is 0 Å². The van der Waals surface area contributed by atoms with E-state index in [2.05, 4.69) is 21.4 Å². The van der Waals surface area contributed by atoms with Crippen LogP contribution < -0.4 is 15.1 Å². The van der Waals surface area contributed by atoms with E-state index in [-0.39, 0.29) is 36.0 Å². The molecule has 3 fully saturated rings. The van der Waals surface area contributed by atoms with Crippen molar-refractivity contribution in [3.63, 3.8) is 0 Å². The van der Waals surface area contributed by atoms with Crippen LogP contribution in [0, 0.1) is 30.6 Å². The summed E-state index contributed by atoms with van der Waals surface area (Å²) in [7, 11) is 1.44. The van der Waals surface area contributed by atoms with Crippen LogP contribution in [0.3, 0.4) is 0 Å². The fourth-order valence-corrected chi connectivity index (χ4v) is 10.3. The molecule has 0 radical (unpaired) electrons. The number of hydrazine groups is 1. The number of nitrogens with one attached hydrogen (secondary N) is 1. The normalized spacial score (nSPS) is 24.9. The van der Waals surface area contributed by atoms with Gasteiger partial charge in [-0.25, -0.2) is 0 Å². The lowest BCUT2D eigenvalue weighted by Gasteiger charge is -2.50. The van der Waals surface area contributed by atoms with Crippen LogP contribution in [0.2, 0.25) is 0 Å². The average Bonchev–Trinajstić information content (AvgIpc) is 3.63. The van der Waals surface area contributed by atoms with Gasteiger partial charge in [-0.1, -0.05) is 106 Å². The number of methoxy groups -OCH3 is 1. The highest BCUT2D eigenvalue weighted by molar-refractivity contribution is 9.10. The fourth-order valence-electron chi connectivity index (χ4n) is 9.83. The number of imide groups is 2. The smallest absolute Gasteiger partial charge is 0.260 e. The van der Waals surface area contributed by atoms with Gasteiger partial charge >= 0.3 is 0 Å². The van der Waals surface area contributed by atoms with E-state index < -0.39 is 52.7 Å². The van der Waals surface area contributed by atoms with Crippen LogP contribution in [0.25, 0.3) is 0 Å². The molecule has 2 saturated heterocycles. The highest BCUT2D eigenvalue weighted by Crippen LogP contribution is 2.65.